The molecular weight excluding hydrogens is 292 g/mol. The van der Waals surface area contributed by atoms with Gasteiger partial charge in [0, 0.05) is 0 Å². The summed E-state index contributed by atoms with van der Waals surface area (Å²) >= 11 is 3.32. The molecule has 0 bridgehead atoms. The van der Waals surface area contributed by atoms with Gasteiger partial charge in [-0.15, -0.1) is 0 Å². The van der Waals surface area contributed by atoms with E-state index in [1.807, 2.05) is 0 Å². The van der Waals surface area contributed by atoms with Crippen molar-refractivity contribution in [1.29, 1.82) is 0 Å². The first kappa shape index (κ1) is 13.5. The maximum atomic E-state index is 11.7. The third-order valence-electron chi connectivity index (χ3n) is 2.30. The normalized spacial score (nSPS) is 11.8. The smallest absolute Gasteiger partial charge is 0.156 e. The number of hydrogen-bond donors (Lipinski definition) is 0. The van der Waals surface area contributed by atoms with E-state index in [1.54, 1.807) is 39.2 Å². The second-order valence-electron chi connectivity index (χ2n) is 3.82. The van der Waals surface area contributed by atoms with Crippen LogP contribution in [0.1, 0.15) is 19.4 Å². The van der Waals surface area contributed by atoms with Crippen molar-refractivity contribution in [3.05, 3.63) is 28.2 Å². The maximum absolute atomic E-state index is 11.7. The maximum Gasteiger partial charge on any atom is 0.156 e. The first-order chi connectivity index (χ1) is 7.36. The number of sulfone groups is 1. The summed E-state index contributed by atoms with van der Waals surface area (Å²) in [7, 11) is -1.50. The molecule has 0 aromatic heterocycles. The summed E-state index contributed by atoms with van der Waals surface area (Å²) in [6.07, 6.45) is 0. The molecule has 0 saturated carbocycles. The van der Waals surface area contributed by atoms with Gasteiger partial charge in [0.25, 0.3) is 0 Å². The van der Waals surface area contributed by atoms with Crippen LogP contribution < -0.4 is 4.74 Å². The molecule has 0 aliphatic rings. The molecule has 0 saturated heterocycles. The molecule has 0 unspecified atom stereocenters. The predicted octanol–water partition coefficient (Wildman–Crippen LogP) is 2.78. The van der Waals surface area contributed by atoms with Crippen molar-refractivity contribution in [2.45, 2.75) is 24.9 Å². The average molecular weight is 307 g/mol. The van der Waals surface area contributed by atoms with Gasteiger partial charge < -0.3 is 4.74 Å². The fraction of sp³-hybridized carbons (Fsp3) is 0.455. The third-order valence-corrected chi connectivity index (χ3v) is 5.13. The zero-order chi connectivity index (χ0) is 12.3. The minimum atomic E-state index is -3.06. The van der Waals surface area contributed by atoms with Crippen molar-refractivity contribution >= 4 is 25.8 Å². The topological polar surface area (TPSA) is 43.4 Å². The lowest BCUT2D eigenvalue weighted by Gasteiger charge is -2.09. The van der Waals surface area contributed by atoms with Crippen LogP contribution >= 0.6 is 15.9 Å². The Balaban J connectivity index is 2.99. The van der Waals surface area contributed by atoms with E-state index in [2.05, 4.69) is 15.9 Å². The van der Waals surface area contributed by atoms with Gasteiger partial charge in [0.2, 0.25) is 0 Å². The first-order valence-electron chi connectivity index (χ1n) is 4.91. The van der Waals surface area contributed by atoms with Crippen LogP contribution in [0.5, 0.6) is 5.75 Å². The molecule has 0 fully saturated rings. The molecule has 0 radical (unpaired) electrons. The molecule has 1 aromatic rings. The second-order valence-corrected chi connectivity index (χ2v) is 7.24. The zero-order valence-electron chi connectivity index (χ0n) is 9.53. The summed E-state index contributed by atoms with van der Waals surface area (Å²) in [5.74, 6) is 0.699. The Hall–Kier alpha value is -0.550. The number of hydrogen-bond acceptors (Lipinski definition) is 3. The second kappa shape index (κ2) is 5.19. The van der Waals surface area contributed by atoms with Crippen LogP contribution in [-0.2, 0) is 15.6 Å². The van der Waals surface area contributed by atoms with Gasteiger partial charge in [-0.3, -0.25) is 0 Å². The molecule has 0 N–H and O–H groups in total. The molecular formula is C11H15BrO3S. The molecule has 16 heavy (non-hydrogen) atoms. The van der Waals surface area contributed by atoms with E-state index in [0.29, 0.717) is 5.75 Å². The van der Waals surface area contributed by atoms with Crippen LogP contribution in [0.2, 0.25) is 0 Å². The van der Waals surface area contributed by atoms with Crippen molar-refractivity contribution in [3.63, 3.8) is 0 Å². The van der Waals surface area contributed by atoms with Gasteiger partial charge in [-0.05, 0) is 47.5 Å². The zero-order valence-corrected chi connectivity index (χ0v) is 11.9. The lowest BCUT2D eigenvalue weighted by atomic mass is 10.2. The standard InChI is InChI=1S/C11H15BrO3S/c1-8(2)16(13,14)7-9-4-5-10(12)11(6-9)15-3/h4-6,8H,7H2,1-3H3. The lowest BCUT2D eigenvalue weighted by Crippen LogP contribution is -2.16. The van der Waals surface area contributed by atoms with Crippen molar-refractivity contribution in [3.8, 4) is 5.75 Å². The van der Waals surface area contributed by atoms with E-state index in [0.717, 1.165) is 10.0 Å². The Kier molecular flexibility index (Phi) is 4.38. The molecule has 0 atom stereocenters. The van der Waals surface area contributed by atoms with Crippen LogP contribution in [0, 0.1) is 0 Å². The first-order valence-corrected chi connectivity index (χ1v) is 7.41. The highest BCUT2D eigenvalue weighted by Crippen LogP contribution is 2.26. The molecule has 0 amide bonds. The number of halogens is 1. The lowest BCUT2D eigenvalue weighted by molar-refractivity contribution is 0.412. The molecule has 0 aliphatic heterocycles. The SMILES string of the molecule is COc1cc(CS(=O)(=O)C(C)C)ccc1Br. The summed E-state index contributed by atoms with van der Waals surface area (Å²) in [4.78, 5) is 0. The van der Waals surface area contributed by atoms with Gasteiger partial charge >= 0.3 is 0 Å². The van der Waals surface area contributed by atoms with Crippen molar-refractivity contribution in [2.75, 3.05) is 7.11 Å². The van der Waals surface area contributed by atoms with E-state index >= 15 is 0 Å². The molecule has 0 heterocycles. The Morgan fingerprint density at radius 2 is 2.00 bits per heavy atom. The Morgan fingerprint density at radius 1 is 1.38 bits per heavy atom. The largest absolute Gasteiger partial charge is 0.496 e. The quantitative estimate of drug-likeness (QED) is 0.859. The van der Waals surface area contributed by atoms with Gasteiger partial charge in [-0.1, -0.05) is 6.07 Å². The van der Waals surface area contributed by atoms with Gasteiger partial charge in [-0.2, -0.15) is 0 Å². The van der Waals surface area contributed by atoms with Gasteiger partial charge in [0.1, 0.15) is 5.75 Å². The van der Waals surface area contributed by atoms with Gasteiger partial charge in [-0.25, -0.2) is 8.42 Å². The Morgan fingerprint density at radius 3 is 2.50 bits per heavy atom. The van der Waals surface area contributed by atoms with Crippen LogP contribution in [0.25, 0.3) is 0 Å². The highest BCUT2D eigenvalue weighted by atomic mass is 79.9. The number of benzene rings is 1. The Labute approximate surface area is 105 Å². The van der Waals surface area contributed by atoms with Gasteiger partial charge in [0.15, 0.2) is 9.84 Å². The number of ether oxygens (including phenoxy) is 1. The molecule has 1 aromatic carbocycles. The van der Waals surface area contributed by atoms with Crippen LogP contribution in [0.15, 0.2) is 22.7 Å². The van der Waals surface area contributed by atoms with Crippen molar-refractivity contribution in [2.24, 2.45) is 0 Å². The molecule has 90 valence electrons. The summed E-state index contributed by atoms with van der Waals surface area (Å²) < 4.78 is 29.4. The number of methoxy groups -OCH3 is 1. The fourth-order valence-electron chi connectivity index (χ4n) is 1.19. The average Bonchev–Trinajstić information content (AvgIpc) is 2.20. The summed E-state index contributed by atoms with van der Waals surface area (Å²) in [6.45, 7) is 3.37. The summed E-state index contributed by atoms with van der Waals surface area (Å²) in [5.41, 5.74) is 0.744. The van der Waals surface area contributed by atoms with Crippen LogP contribution in [0.3, 0.4) is 0 Å². The van der Waals surface area contributed by atoms with Crippen LogP contribution in [-0.4, -0.2) is 20.8 Å². The molecule has 1 rings (SSSR count). The van der Waals surface area contributed by atoms with Crippen molar-refractivity contribution < 1.29 is 13.2 Å². The van der Waals surface area contributed by atoms with E-state index < -0.39 is 9.84 Å². The monoisotopic (exact) mass is 306 g/mol. The van der Waals surface area contributed by atoms with E-state index in [9.17, 15) is 8.42 Å². The third kappa shape index (κ3) is 3.22. The highest BCUT2D eigenvalue weighted by Gasteiger charge is 2.17. The van der Waals surface area contributed by atoms with Gasteiger partial charge in [0.05, 0.1) is 22.6 Å². The number of rotatable bonds is 4. The summed E-state index contributed by atoms with van der Waals surface area (Å²) in [6, 6.07) is 5.32. The predicted molar refractivity (Wildman–Crippen MR) is 68.5 cm³/mol. The summed E-state index contributed by atoms with van der Waals surface area (Å²) in [5, 5.41) is -0.359. The van der Waals surface area contributed by atoms with E-state index in [-0.39, 0.29) is 11.0 Å². The Bertz CT molecular complexity index is 466. The van der Waals surface area contributed by atoms with Crippen molar-refractivity contribution in [1.82, 2.24) is 0 Å². The highest BCUT2D eigenvalue weighted by molar-refractivity contribution is 9.10. The molecule has 3 nitrogen and oxygen atoms in total. The fourth-order valence-corrected chi connectivity index (χ4v) is 2.58. The minimum absolute atomic E-state index is 0.0499. The molecule has 5 heteroatoms. The minimum Gasteiger partial charge on any atom is -0.496 e. The van der Waals surface area contributed by atoms with Crippen LogP contribution in [0.4, 0.5) is 0 Å². The molecule has 0 spiro atoms. The molecule has 0 aliphatic carbocycles. The van der Waals surface area contributed by atoms with E-state index in [4.69, 9.17) is 4.74 Å². The van der Waals surface area contributed by atoms with E-state index in [1.165, 1.54) is 0 Å².